The Labute approximate surface area is 113 Å². The van der Waals surface area contributed by atoms with Crippen molar-refractivity contribution in [2.45, 2.75) is 59.0 Å². The first kappa shape index (κ1) is 15.7. The summed E-state index contributed by atoms with van der Waals surface area (Å²) >= 11 is 0. The van der Waals surface area contributed by atoms with Gasteiger partial charge in [0.1, 0.15) is 0 Å². The van der Waals surface area contributed by atoms with Crippen molar-refractivity contribution in [2.75, 3.05) is 19.7 Å². The summed E-state index contributed by atoms with van der Waals surface area (Å²) in [6, 6.07) is 0. The third-order valence-electron chi connectivity index (χ3n) is 3.90. The van der Waals surface area contributed by atoms with Gasteiger partial charge in [-0.25, -0.2) is 0 Å². The van der Waals surface area contributed by atoms with E-state index < -0.39 is 0 Å². The van der Waals surface area contributed by atoms with Crippen LogP contribution in [0.3, 0.4) is 0 Å². The van der Waals surface area contributed by atoms with Crippen LogP contribution < -0.4 is 5.32 Å². The normalized spacial score (nSPS) is 25.3. The van der Waals surface area contributed by atoms with E-state index in [4.69, 9.17) is 4.74 Å². The highest BCUT2D eigenvalue weighted by molar-refractivity contribution is 4.93. The first-order valence-corrected chi connectivity index (χ1v) is 7.71. The van der Waals surface area contributed by atoms with E-state index >= 15 is 0 Å². The number of hydrogen-bond donors (Lipinski definition) is 1. The molecule has 0 aliphatic heterocycles. The maximum atomic E-state index is 6.00. The van der Waals surface area contributed by atoms with Crippen LogP contribution >= 0.6 is 0 Å². The first-order chi connectivity index (χ1) is 8.74. The van der Waals surface area contributed by atoms with E-state index in [1.807, 2.05) is 0 Å². The second kappa shape index (κ2) is 9.57. The first-order valence-electron chi connectivity index (χ1n) is 7.71. The Bertz CT molecular complexity index is 227. The molecule has 0 saturated carbocycles. The van der Waals surface area contributed by atoms with Gasteiger partial charge in [-0.15, -0.1) is 0 Å². The molecular weight excluding hydrogens is 222 g/mol. The Kier molecular flexibility index (Phi) is 8.36. The highest BCUT2D eigenvalue weighted by atomic mass is 16.5. The summed E-state index contributed by atoms with van der Waals surface area (Å²) < 4.78 is 6.00. The number of hydrogen-bond acceptors (Lipinski definition) is 2. The van der Waals surface area contributed by atoms with Gasteiger partial charge in [0.15, 0.2) is 0 Å². The average Bonchev–Trinajstić information content (AvgIpc) is 2.37. The van der Waals surface area contributed by atoms with Crippen LogP contribution in [0.1, 0.15) is 52.9 Å². The lowest BCUT2D eigenvalue weighted by molar-refractivity contribution is 0.0214. The van der Waals surface area contributed by atoms with Crippen LogP contribution in [0.4, 0.5) is 0 Å². The number of allylic oxidation sites excluding steroid dienone is 2. The third kappa shape index (κ3) is 6.55. The molecule has 3 atom stereocenters. The Morgan fingerprint density at radius 1 is 1.28 bits per heavy atom. The van der Waals surface area contributed by atoms with Crippen LogP contribution in [0.25, 0.3) is 0 Å². The molecule has 2 nitrogen and oxygen atoms in total. The van der Waals surface area contributed by atoms with Gasteiger partial charge in [-0.1, -0.05) is 26.0 Å². The van der Waals surface area contributed by atoms with E-state index in [9.17, 15) is 0 Å². The zero-order chi connectivity index (χ0) is 13.2. The smallest absolute Gasteiger partial charge is 0.0547 e. The molecule has 1 aliphatic carbocycles. The highest BCUT2D eigenvalue weighted by Gasteiger charge is 2.19. The van der Waals surface area contributed by atoms with Gasteiger partial charge in [-0.2, -0.15) is 0 Å². The third-order valence-corrected chi connectivity index (χ3v) is 3.90. The number of ether oxygens (including phenoxy) is 1. The fourth-order valence-corrected chi connectivity index (χ4v) is 2.43. The predicted octanol–water partition coefficient (Wildman–Crippen LogP) is 3.77. The van der Waals surface area contributed by atoms with E-state index in [0.29, 0.717) is 6.10 Å². The summed E-state index contributed by atoms with van der Waals surface area (Å²) in [7, 11) is 0. The van der Waals surface area contributed by atoms with E-state index in [1.54, 1.807) is 0 Å². The highest BCUT2D eigenvalue weighted by Crippen LogP contribution is 2.25. The van der Waals surface area contributed by atoms with Gasteiger partial charge in [0.05, 0.1) is 12.7 Å². The van der Waals surface area contributed by atoms with Gasteiger partial charge in [0, 0.05) is 0 Å². The Balaban J connectivity index is 2.02. The van der Waals surface area contributed by atoms with Crippen molar-refractivity contribution < 1.29 is 4.74 Å². The maximum Gasteiger partial charge on any atom is 0.0547 e. The molecule has 2 heteroatoms. The van der Waals surface area contributed by atoms with Gasteiger partial charge in [0.2, 0.25) is 0 Å². The second-order valence-electron chi connectivity index (χ2n) is 5.72. The Morgan fingerprint density at radius 2 is 2.06 bits per heavy atom. The molecule has 0 radical (unpaired) electrons. The predicted molar refractivity (Wildman–Crippen MR) is 78.8 cm³/mol. The van der Waals surface area contributed by atoms with Crippen LogP contribution in [0.5, 0.6) is 0 Å². The largest absolute Gasteiger partial charge is 0.378 e. The van der Waals surface area contributed by atoms with E-state index in [1.165, 1.54) is 32.1 Å². The average molecular weight is 253 g/mol. The summed E-state index contributed by atoms with van der Waals surface area (Å²) in [4.78, 5) is 0. The molecule has 0 saturated heterocycles. The monoisotopic (exact) mass is 253 g/mol. The summed E-state index contributed by atoms with van der Waals surface area (Å²) in [6.45, 7) is 9.97. The maximum absolute atomic E-state index is 6.00. The van der Waals surface area contributed by atoms with Crippen LogP contribution in [0, 0.1) is 11.8 Å². The Hall–Kier alpha value is -0.340. The fraction of sp³-hybridized carbons (Fsp3) is 0.875. The van der Waals surface area contributed by atoms with Gasteiger partial charge < -0.3 is 10.1 Å². The second-order valence-corrected chi connectivity index (χ2v) is 5.72. The summed E-state index contributed by atoms with van der Waals surface area (Å²) in [5.74, 6) is 1.52. The quantitative estimate of drug-likeness (QED) is 0.499. The van der Waals surface area contributed by atoms with Gasteiger partial charge in [-0.05, 0) is 64.0 Å². The molecule has 0 amide bonds. The molecule has 0 fully saturated rings. The van der Waals surface area contributed by atoms with Crippen molar-refractivity contribution in [3.05, 3.63) is 12.2 Å². The van der Waals surface area contributed by atoms with Crippen LogP contribution in [0.15, 0.2) is 12.2 Å². The zero-order valence-electron chi connectivity index (χ0n) is 12.5. The molecule has 0 bridgehead atoms. The van der Waals surface area contributed by atoms with E-state index in [-0.39, 0.29) is 0 Å². The van der Waals surface area contributed by atoms with E-state index in [2.05, 4.69) is 38.2 Å². The fourth-order valence-electron chi connectivity index (χ4n) is 2.43. The molecule has 0 heterocycles. The molecule has 3 unspecified atom stereocenters. The molecule has 106 valence electrons. The van der Waals surface area contributed by atoms with Crippen molar-refractivity contribution >= 4 is 0 Å². The molecule has 0 aromatic carbocycles. The van der Waals surface area contributed by atoms with Gasteiger partial charge in [0.25, 0.3) is 0 Å². The molecule has 1 rings (SSSR count). The minimum atomic E-state index is 0.409. The van der Waals surface area contributed by atoms with Crippen LogP contribution in [-0.4, -0.2) is 25.8 Å². The minimum Gasteiger partial charge on any atom is -0.378 e. The zero-order valence-corrected chi connectivity index (χ0v) is 12.5. The molecule has 0 aromatic rings. The summed E-state index contributed by atoms with van der Waals surface area (Å²) in [5, 5.41) is 3.44. The van der Waals surface area contributed by atoms with Crippen LogP contribution in [0.2, 0.25) is 0 Å². The minimum absolute atomic E-state index is 0.409. The summed E-state index contributed by atoms with van der Waals surface area (Å²) in [5.41, 5.74) is 0. The lowest BCUT2D eigenvalue weighted by Gasteiger charge is -2.26. The van der Waals surface area contributed by atoms with Crippen molar-refractivity contribution in [3.8, 4) is 0 Å². The summed E-state index contributed by atoms with van der Waals surface area (Å²) in [6.07, 6.45) is 11.1. The van der Waals surface area contributed by atoms with Gasteiger partial charge >= 0.3 is 0 Å². The molecule has 0 spiro atoms. The van der Waals surface area contributed by atoms with Crippen molar-refractivity contribution in [3.63, 3.8) is 0 Å². The standard InChI is InChI=1S/C16H31NO/c1-4-11-17-12-7-9-15(3)18-13-16-10-6-5-8-14(16)2/h5-6,14-17H,4,7-13H2,1-3H3. The van der Waals surface area contributed by atoms with Crippen molar-refractivity contribution in [1.29, 1.82) is 0 Å². The number of nitrogens with one attached hydrogen (secondary N) is 1. The SMILES string of the molecule is CCCNCCCC(C)OCC1CC=CCC1C. The molecular formula is C16H31NO. The topological polar surface area (TPSA) is 21.3 Å². The molecule has 18 heavy (non-hydrogen) atoms. The molecule has 1 aliphatic rings. The number of rotatable bonds is 9. The molecule has 1 N–H and O–H groups in total. The van der Waals surface area contributed by atoms with Crippen molar-refractivity contribution in [1.82, 2.24) is 5.32 Å². The van der Waals surface area contributed by atoms with Crippen molar-refractivity contribution in [2.24, 2.45) is 11.8 Å². The lowest BCUT2D eigenvalue weighted by atomic mass is 9.85. The van der Waals surface area contributed by atoms with E-state index in [0.717, 1.165) is 31.5 Å². The van der Waals surface area contributed by atoms with Gasteiger partial charge in [-0.3, -0.25) is 0 Å². The van der Waals surface area contributed by atoms with Crippen LogP contribution in [-0.2, 0) is 4.74 Å². The Morgan fingerprint density at radius 3 is 2.78 bits per heavy atom. The molecule has 0 aromatic heterocycles. The lowest BCUT2D eigenvalue weighted by Crippen LogP contribution is -2.23.